The van der Waals surface area contributed by atoms with Crippen LogP contribution in [0.5, 0.6) is 0 Å². The summed E-state index contributed by atoms with van der Waals surface area (Å²) in [5.74, 6) is -5.22. The quantitative estimate of drug-likeness (QED) is 0.290. The van der Waals surface area contributed by atoms with E-state index < -0.39 is 23.3 Å². The molecule has 1 aliphatic rings. The lowest BCUT2D eigenvalue weighted by Gasteiger charge is -2.20. The van der Waals surface area contributed by atoms with Gasteiger partial charge in [-0.3, -0.25) is 0 Å². The maximum atomic E-state index is 15.1. The lowest BCUT2D eigenvalue weighted by molar-refractivity contribution is 0.447. The molecule has 0 radical (unpaired) electrons. The third-order valence-electron chi connectivity index (χ3n) is 5.77. The molecule has 0 N–H and O–H groups in total. The number of aryl methyl sites for hydroxylation is 1. The van der Waals surface area contributed by atoms with Crippen LogP contribution < -0.4 is 0 Å². The van der Waals surface area contributed by atoms with Gasteiger partial charge < -0.3 is 0 Å². The topological polar surface area (TPSA) is 0 Å². The van der Waals surface area contributed by atoms with Crippen LogP contribution in [0.15, 0.2) is 48.5 Å². The van der Waals surface area contributed by atoms with Gasteiger partial charge in [0.15, 0.2) is 17.5 Å². The summed E-state index contributed by atoms with van der Waals surface area (Å²) in [5, 5.41) is 0. The van der Waals surface area contributed by atoms with Crippen molar-refractivity contribution in [3.05, 3.63) is 99.9 Å². The lowest BCUT2D eigenvalue weighted by atomic mass is 9.85. The molecule has 0 aliphatic heterocycles. The van der Waals surface area contributed by atoms with Crippen molar-refractivity contribution in [2.24, 2.45) is 0 Å². The van der Waals surface area contributed by atoms with E-state index in [0.717, 1.165) is 42.5 Å². The van der Waals surface area contributed by atoms with Crippen molar-refractivity contribution in [3.8, 4) is 11.1 Å². The van der Waals surface area contributed by atoms with Crippen molar-refractivity contribution in [1.29, 1.82) is 0 Å². The van der Waals surface area contributed by atoms with Crippen LogP contribution in [-0.4, -0.2) is 0 Å². The first-order valence-corrected chi connectivity index (χ1v) is 10.3. The van der Waals surface area contributed by atoms with Gasteiger partial charge in [0.25, 0.3) is 0 Å². The molecule has 0 fully saturated rings. The van der Waals surface area contributed by atoms with Crippen LogP contribution in [0.3, 0.4) is 0 Å². The molecule has 4 rings (SSSR count). The van der Waals surface area contributed by atoms with Gasteiger partial charge in [-0.1, -0.05) is 43.7 Å². The molecule has 160 valence electrons. The Bertz CT molecular complexity index is 1150. The molecule has 5 heteroatoms. The van der Waals surface area contributed by atoms with Crippen molar-refractivity contribution in [2.75, 3.05) is 0 Å². The Morgan fingerprint density at radius 1 is 0.774 bits per heavy atom. The maximum absolute atomic E-state index is 15.1. The molecule has 0 saturated carbocycles. The van der Waals surface area contributed by atoms with E-state index in [1.54, 1.807) is 24.3 Å². The second-order valence-electron chi connectivity index (χ2n) is 7.85. The summed E-state index contributed by atoms with van der Waals surface area (Å²) in [4.78, 5) is 0. The van der Waals surface area contributed by atoms with E-state index in [1.807, 2.05) is 6.07 Å². The van der Waals surface area contributed by atoms with E-state index in [2.05, 4.69) is 6.92 Å². The molecule has 0 bridgehead atoms. The molecule has 1 aliphatic carbocycles. The Hall–Kier alpha value is -2.95. The van der Waals surface area contributed by atoms with Crippen LogP contribution in [0.4, 0.5) is 22.0 Å². The Labute approximate surface area is 178 Å². The average molecular weight is 428 g/mol. The fraction of sp³-hybridized carbons (Fsp3) is 0.231. The highest BCUT2D eigenvalue weighted by molar-refractivity contribution is 5.73. The minimum Gasteiger partial charge on any atom is -0.206 e. The van der Waals surface area contributed by atoms with Crippen LogP contribution in [0.25, 0.3) is 16.7 Å². The number of hydrogen-bond donors (Lipinski definition) is 0. The average Bonchev–Trinajstić information content (AvgIpc) is 2.76. The zero-order valence-corrected chi connectivity index (χ0v) is 17.0. The third-order valence-corrected chi connectivity index (χ3v) is 5.77. The van der Waals surface area contributed by atoms with E-state index >= 15 is 4.39 Å². The summed E-state index contributed by atoms with van der Waals surface area (Å²) < 4.78 is 70.3. The summed E-state index contributed by atoms with van der Waals surface area (Å²) in [6, 6.07) is 9.91. The Morgan fingerprint density at radius 3 is 2.16 bits per heavy atom. The second-order valence-corrected chi connectivity index (χ2v) is 7.85. The zero-order valence-electron chi connectivity index (χ0n) is 17.0. The van der Waals surface area contributed by atoms with E-state index in [1.165, 1.54) is 6.07 Å². The molecule has 0 spiro atoms. The van der Waals surface area contributed by atoms with E-state index in [4.69, 9.17) is 0 Å². The number of unbranched alkanes of at least 4 members (excludes halogenated alkanes) is 1. The molecular weight excluding hydrogens is 407 g/mol. The summed E-state index contributed by atoms with van der Waals surface area (Å²) in [7, 11) is 0. The van der Waals surface area contributed by atoms with Gasteiger partial charge in [-0.2, -0.15) is 0 Å². The Balaban J connectivity index is 1.64. The van der Waals surface area contributed by atoms with Crippen molar-refractivity contribution in [2.45, 2.75) is 39.0 Å². The van der Waals surface area contributed by atoms with Gasteiger partial charge in [0.2, 0.25) is 0 Å². The largest absolute Gasteiger partial charge is 0.206 e. The van der Waals surface area contributed by atoms with Gasteiger partial charge in [0.1, 0.15) is 11.6 Å². The zero-order chi connectivity index (χ0) is 22.1. The van der Waals surface area contributed by atoms with Gasteiger partial charge in [-0.05, 0) is 71.7 Å². The van der Waals surface area contributed by atoms with Gasteiger partial charge >= 0.3 is 0 Å². The summed E-state index contributed by atoms with van der Waals surface area (Å²) in [6.45, 7) is 2.09. The predicted octanol–water partition coefficient (Wildman–Crippen LogP) is 7.57. The number of benzene rings is 3. The summed E-state index contributed by atoms with van der Waals surface area (Å²) in [6.07, 6.45) is 5.23. The van der Waals surface area contributed by atoms with Gasteiger partial charge in [-0.15, -0.1) is 0 Å². The highest BCUT2D eigenvalue weighted by Crippen LogP contribution is 2.35. The fourth-order valence-electron chi connectivity index (χ4n) is 4.04. The Kier molecular flexibility index (Phi) is 5.94. The van der Waals surface area contributed by atoms with Crippen molar-refractivity contribution < 1.29 is 22.0 Å². The van der Waals surface area contributed by atoms with Crippen LogP contribution >= 0.6 is 0 Å². The minimum absolute atomic E-state index is 0.000132. The van der Waals surface area contributed by atoms with E-state index in [0.29, 0.717) is 23.1 Å². The second kappa shape index (κ2) is 8.66. The number of hydrogen-bond acceptors (Lipinski definition) is 0. The van der Waals surface area contributed by atoms with Crippen molar-refractivity contribution in [3.63, 3.8) is 0 Å². The molecule has 31 heavy (non-hydrogen) atoms. The lowest BCUT2D eigenvalue weighted by Crippen LogP contribution is -2.08. The summed E-state index contributed by atoms with van der Waals surface area (Å²) >= 11 is 0. The monoisotopic (exact) mass is 428 g/mol. The molecule has 0 nitrogen and oxygen atoms in total. The third kappa shape index (κ3) is 4.14. The van der Waals surface area contributed by atoms with E-state index in [-0.39, 0.29) is 23.4 Å². The molecule has 3 aromatic rings. The first-order chi connectivity index (χ1) is 14.9. The molecule has 0 amide bonds. The first-order valence-electron chi connectivity index (χ1n) is 10.3. The number of fused-ring (bicyclic) bond motifs is 1. The molecule has 0 unspecified atom stereocenters. The van der Waals surface area contributed by atoms with Crippen LogP contribution in [0.1, 0.15) is 42.0 Å². The maximum Gasteiger partial charge on any atom is 0.194 e. The van der Waals surface area contributed by atoms with Gasteiger partial charge in [-0.25, -0.2) is 22.0 Å². The predicted molar refractivity (Wildman–Crippen MR) is 112 cm³/mol. The number of halogens is 5. The van der Waals surface area contributed by atoms with Crippen molar-refractivity contribution >= 4 is 5.57 Å². The van der Waals surface area contributed by atoms with Gasteiger partial charge in [0, 0.05) is 11.1 Å². The first kappa shape index (κ1) is 21.3. The van der Waals surface area contributed by atoms with Crippen molar-refractivity contribution in [1.82, 2.24) is 0 Å². The molecule has 0 aromatic heterocycles. The molecule has 0 heterocycles. The number of allylic oxidation sites excluding steroid dienone is 2. The normalized spacial score (nSPS) is 13.2. The SMILES string of the molecule is CCCCc1ccc(C2=CCc3c(ccc(-c4cc(F)c(F)c(F)c4)c3F)C2)c(F)c1. The highest BCUT2D eigenvalue weighted by Gasteiger charge is 2.22. The van der Waals surface area contributed by atoms with Crippen LogP contribution in [0.2, 0.25) is 0 Å². The minimum atomic E-state index is -1.59. The van der Waals surface area contributed by atoms with Gasteiger partial charge in [0.05, 0.1) is 0 Å². The van der Waals surface area contributed by atoms with Crippen LogP contribution in [0, 0.1) is 29.1 Å². The molecule has 0 atom stereocenters. The van der Waals surface area contributed by atoms with E-state index in [9.17, 15) is 17.6 Å². The molecule has 3 aromatic carbocycles. The molecular formula is C26H21F5. The summed E-state index contributed by atoms with van der Waals surface area (Å²) in [5.41, 5.74) is 3.24. The fourth-order valence-corrected chi connectivity index (χ4v) is 4.04. The van der Waals surface area contributed by atoms with Crippen LogP contribution in [-0.2, 0) is 19.3 Å². The standard InChI is InChI=1S/C26H21F5/c1-2-3-4-15-5-8-19(22(27)11-15)16-6-9-20-17(12-16)7-10-21(25(20)30)18-13-23(28)26(31)24(29)14-18/h5-8,10-11,13-14H,2-4,9,12H2,1H3. The highest BCUT2D eigenvalue weighted by atomic mass is 19.2. The smallest absolute Gasteiger partial charge is 0.194 e. The Morgan fingerprint density at radius 2 is 1.48 bits per heavy atom. The molecule has 0 saturated heterocycles. The number of rotatable bonds is 5.